The van der Waals surface area contributed by atoms with Crippen LogP contribution in [-0.4, -0.2) is 41.4 Å². The zero-order chi connectivity index (χ0) is 26.6. The van der Waals surface area contributed by atoms with E-state index in [1.807, 2.05) is 0 Å². The van der Waals surface area contributed by atoms with E-state index in [-0.39, 0.29) is 30.3 Å². The van der Waals surface area contributed by atoms with Crippen LogP contribution < -0.4 is 4.18 Å². The van der Waals surface area contributed by atoms with Crippen molar-refractivity contribution < 1.29 is 38.9 Å². The number of hydrogen-bond acceptors (Lipinski definition) is 6. The highest BCUT2D eigenvalue weighted by Crippen LogP contribution is 2.31. The van der Waals surface area contributed by atoms with E-state index in [2.05, 4.69) is 15.9 Å². The molecule has 13 heteroatoms. The lowest BCUT2D eigenvalue weighted by molar-refractivity contribution is -0.137. The Bertz CT molecular complexity index is 1410. The van der Waals surface area contributed by atoms with E-state index in [4.69, 9.17) is 8.92 Å². The predicted octanol–water partition coefficient (Wildman–Crippen LogP) is 5.07. The zero-order valence-electron chi connectivity index (χ0n) is 18.8. The summed E-state index contributed by atoms with van der Waals surface area (Å²) < 4.78 is 103. The molecule has 0 aromatic heterocycles. The largest absolute Gasteiger partial charge is 0.416 e. The molecule has 0 bridgehead atoms. The van der Waals surface area contributed by atoms with E-state index < -0.39 is 36.8 Å². The van der Waals surface area contributed by atoms with Gasteiger partial charge in [-0.15, -0.1) is 0 Å². The molecule has 0 aliphatic rings. The van der Waals surface area contributed by atoms with Crippen LogP contribution >= 0.6 is 15.9 Å². The smallest absolute Gasteiger partial charge is 0.383 e. The Morgan fingerprint density at radius 2 is 1.56 bits per heavy atom. The van der Waals surface area contributed by atoms with Crippen LogP contribution in [0.3, 0.4) is 0 Å². The molecule has 0 spiro atoms. The van der Waals surface area contributed by atoms with Gasteiger partial charge in [0.25, 0.3) is 0 Å². The molecule has 0 atom stereocenters. The standard InChI is InChI=1S/C23H21BrF3NO6S2/c1-33-13-12-28(35(29,30)21-10-8-19(24)9-11-21)16-17-4-2-6-20(14-17)34-36(31,32)22-7-3-5-18(15-22)23(25,26)27/h2-11,14-15H,12-13,16H2,1H3. The van der Waals surface area contributed by atoms with Gasteiger partial charge < -0.3 is 8.92 Å². The second kappa shape index (κ2) is 11.3. The molecule has 0 radical (unpaired) electrons. The molecule has 0 unspecified atom stereocenters. The van der Waals surface area contributed by atoms with E-state index in [9.17, 15) is 30.0 Å². The van der Waals surface area contributed by atoms with Gasteiger partial charge in [-0.2, -0.15) is 25.9 Å². The number of hydrogen-bond donors (Lipinski definition) is 0. The first-order valence-corrected chi connectivity index (χ1v) is 13.9. The highest BCUT2D eigenvalue weighted by molar-refractivity contribution is 9.10. The summed E-state index contributed by atoms with van der Waals surface area (Å²) in [6, 6.07) is 14.9. The van der Waals surface area contributed by atoms with Crippen molar-refractivity contribution in [3.63, 3.8) is 0 Å². The van der Waals surface area contributed by atoms with Crippen molar-refractivity contribution in [2.45, 2.75) is 22.5 Å². The van der Waals surface area contributed by atoms with Gasteiger partial charge in [-0.25, -0.2) is 8.42 Å². The van der Waals surface area contributed by atoms with Crippen molar-refractivity contribution >= 4 is 36.1 Å². The van der Waals surface area contributed by atoms with Crippen molar-refractivity contribution in [2.75, 3.05) is 20.3 Å². The van der Waals surface area contributed by atoms with Crippen molar-refractivity contribution in [3.05, 3.63) is 88.4 Å². The third-order valence-electron chi connectivity index (χ3n) is 4.91. The maximum atomic E-state index is 13.2. The predicted molar refractivity (Wildman–Crippen MR) is 129 cm³/mol. The second-order valence-electron chi connectivity index (χ2n) is 7.50. The molecule has 0 fully saturated rings. The third kappa shape index (κ3) is 7.07. The Hall–Kier alpha value is -2.45. The molecule has 3 rings (SSSR count). The van der Waals surface area contributed by atoms with Gasteiger partial charge in [-0.1, -0.05) is 34.1 Å². The number of ether oxygens (including phenoxy) is 1. The Kier molecular flexibility index (Phi) is 8.83. The van der Waals surface area contributed by atoms with Crippen LogP contribution in [0.2, 0.25) is 0 Å². The van der Waals surface area contributed by atoms with Gasteiger partial charge in [0.15, 0.2) is 0 Å². The number of methoxy groups -OCH3 is 1. The average Bonchev–Trinajstić information content (AvgIpc) is 2.81. The van der Waals surface area contributed by atoms with Crippen LogP contribution in [0.5, 0.6) is 5.75 Å². The van der Waals surface area contributed by atoms with Crippen LogP contribution in [0.4, 0.5) is 13.2 Å². The maximum absolute atomic E-state index is 13.2. The van der Waals surface area contributed by atoms with Gasteiger partial charge in [-0.3, -0.25) is 0 Å². The lowest BCUT2D eigenvalue weighted by Gasteiger charge is -2.22. The van der Waals surface area contributed by atoms with Crippen molar-refractivity contribution in [2.24, 2.45) is 0 Å². The Morgan fingerprint density at radius 1 is 0.889 bits per heavy atom. The van der Waals surface area contributed by atoms with Gasteiger partial charge >= 0.3 is 16.3 Å². The fourth-order valence-corrected chi connectivity index (χ4v) is 5.78. The maximum Gasteiger partial charge on any atom is 0.416 e. The van der Waals surface area contributed by atoms with Crippen LogP contribution in [0.25, 0.3) is 0 Å². The van der Waals surface area contributed by atoms with Crippen molar-refractivity contribution in [1.82, 2.24) is 4.31 Å². The molecule has 7 nitrogen and oxygen atoms in total. The lowest BCUT2D eigenvalue weighted by atomic mass is 10.2. The molecule has 3 aromatic carbocycles. The molecule has 0 aliphatic heterocycles. The minimum absolute atomic E-state index is 0.0164. The van der Waals surface area contributed by atoms with E-state index in [0.717, 1.165) is 18.2 Å². The molecule has 36 heavy (non-hydrogen) atoms. The summed E-state index contributed by atoms with van der Waals surface area (Å²) in [5.41, 5.74) is -0.739. The summed E-state index contributed by atoms with van der Waals surface area (Å²) in [6.07, 6.45) is -4.72. The second-order valence-corrected chi connectivity index (χ2v) is 11.9. The highest BCUT2D eigenvalue weighted by Gasteiger charge is 2.32. The molecule has 3 aromatic rings. The number of nitrogens with zero attached hydrogens (tertiary/aromatic N) is 1. The summed E-state index contributed by atoms with van der Waals surface area (Å²) in [4.78, 5) is -0.608. The monoisotopic (exact) mass is 607 g/mol. The lowest BCUT2D eigenvalue weighted by Crippen LogP contribution is -2.33. The topological polar surface area (TPSA) is 90.0 Å². The normalized spacial score (nSPS) is 12.6. The minimum Gasteiger partial charge on any atom is -0.383 e. The summed E-state index contributed by atoms with van der Waals surface area (Å²) in [6.45, 7) is -0.0129. The van der Waals surface area contributed by atoms with Gasteiger partial charge in [0.2, 0.25) is 10.0 Å². The molecular formula is C23H21BrF3NO6S2. The van der Waals surface area contributed by atoms with E-state index >= 15 is 0 Å². The first-order chi connectivity index (χ1) is 16.8. The molecular weight excluding hydrogens is 587 g/mol. The number of benzene rings is 3. The molecule has 0 saturated heterocycles. The first-order valence-electron chi connectivity index (χ1n) is 10.3. The SMILES string of the molecule is COCCN(Cc1cccc(OS(=O)(=O)c2cccc(C(F)(F)F)c2)c1)S(=O)(=O)c1ccc(Br)cc1. The van der Waals surface area contributed by atoms with Crippen LogP contribution in [-0.2, 0) is 37.6 Å². The van der Waals surface area contributed by atoms with Crippen LogP contribution in [0, 0.1) is 0 Å². The first kappa shape index (κ1) is 28.1. The molecule has 0 heterocycles. The Labute approximate surface area is 215 Å². The fraction of sp³-hybridized carbons (Fsp3) is 0.217. The zero-order valence-corrected chi connectivity index (χ0v) is 22.0. The molecule has 0 amide bonds. The third-order valence-corrected chi connectivity index (χ3v) is 8.54. The number of rotatable bonds is 10. The van der Waals surface area contributed by atoms with E-state index in [1.54, 1.807) is 18.2 Å². The van der Waals surface area contributed by atoms with Crippen molar-refractivity contribution in [3.8, 4) is 5.75 Å². The Balaban J connectivity index is 1.86. The van der Waals surface area contributed by atoms with E-state index in [0.29, 0.717) is 16.1 Å². The summed E-state index contributed by atoms with van der Waals surface area (Å²) in [5.74, 6) is -0.183. The van der Waals surface area contributed by atoms with Gasteiger partial charge in [0.05, 0.1) is 17.1 Å². The summed E-state index contributed by atoms with van der Waals surface area (Å²) >= 11 is 3.26. The number of sulfonamides is 1. The minimum atomic E-state index is -4.72. The molecule has 194 valence electrons. The van der Waals surface area contributed by atoms with E-state index in [1.165, 1.54) is 41.7 Å². The number of halogens is 4. The summed E-state index contributed by atoms with van der Waals surface area (Å²) in [5, 5.41) is 0. The molecule has 0 saturated carbocycles. The summed E-state index contributed by atoms with van der Waals surface area (Å²) in [7, 11) is -7.09. The van der Waals surface area contributed by atoms with Crippen molar-refractivity contribution in [1.29, 1.82) is 0 Å². The average molecular weight is 608 g/mol. The quantitative estimate of drug-likeness (QED) is 0.299. The molecule has 0 aliphatic carbocycles. The van der Waals surface area contributed by atoms with Crippen LogP contribution in [0.15, 0.2) is 87.1 Å². The van der Waals surface area contributed by atoms with Gasteiger partial charge in [0, 0.05) is 24.7 Å². The fourth-order valence-electron chi connectivity index (χ4n) is 3.13. The van der Waals surface area contributed by atoms with Gasteiger partial charge in [0.1, 0.15) is 10.6 Å². The molecule has 0 N–H and O–H groups in total. The highest BCUT2D eigenvalue weighted by atomic mass is 79.9. The van der Waals surface area contributed by atoms with Gasteiger partial charge in [-0.05, 0) is 60.2 Å². The number of alkyl halides is 3. The van der Waals surface area contributed by atoms with Crippen LogP contribution in [0.1, 0.15) is 11.1 Å². The Morgan fingerprint density at radius 3 is 2.19 bits per heavy atom.